The highest BCUT2D eigenvalue weighted by atomic mass is 32.1. The van der Waals surface area contributed by atoms with Gasteiger partial charge >= 0.3 is 0 Å². The highest BCUT2D eigenvalue weighted by Crippen LogP contribution is 2.16. The summed E-state index contributed by atoms with van der Waals surface area (Å²) in [7, 11) is 1.81. The third kappa shape index (κ3) is 6.23. The van der Waals surface area contributed by atoms with Crippen LogP contribution in [0.15, 0.2) is 0 Å². The normalized spacial score (nSPS) is 11.4. The van der Waals surface area contributed by atoms with Crippen LogP contribution in [0.5, 0.6) is 0 Å². The fourth-order valence-corrected chi connectivity index (χ4v) is 0.699. The van der Waals surface area contributed by atoms with Gasteiger partial charge in [-0.2, -0.15) is 12.6 Å². The molecule has 0 aliphatic carbocycles. The molecule has 0 aliphatic rings. The maximum atomic E-state index is 10.8. The monoisotopic (exact) mass is 175 g/mol. The maximum absolute atomic E-state index is 10.8. The van der Waals surface area contributed by atoms with Gasteiger partial charge in [0, 0.05) is 25.3 Å². The summed E-state index contributed by atoms with van der Waals surface area (Å²) in [6, 6.07) is 0. The van der Waals surface area contributed by atoms with E-state index in [0.717, 1.165) is 13.0 Å². The van der Waals surface area contributed by atoms with Crippen molar-refractivity contribution in [3.63, 3.8) is 0 Å². The van der Waals surface area contributed by atoms with Gasteiger partial charge in [0.15, 0.2) is 0 Å². The molecule has 2 nitrogen and oxygen atoms in total. The summed E-state index contributed by atoms with van der Waals surface area (Å²) < 4.78 is 0.0176. The third-order valence-electron chi connectivity index (χ3n) is 1.60. The van der Waals surface area contributed by atoms with E-state index in [2.05, 4.69) is 12.6 Å². The number of carbonyl (C=O) groups excluding carboxylic acids is 1. The molecule has 0 aromatic carbocycles. The van der Waals surface area contributed by atoms with Crippen LogP contribution in [-0.4, -0.2) is 29.1 Å². The fourth-order valence-electron chi connectivity index (χ4n) is 0.599. The molecule has 0 unspecified atom stereocenters. The van der Waals surface area contributed by atoms with Crippen molar-refractivity contribution in [3.05, 3.63) is 0 Å². The van der Waals surface area contributed by atoms with Gasteiger partial charge in [-0.15, -0.1) is 0 Å². The molecule has 0 heterocycles. The molecule has 0 radical (unpaired) electrons. The average Bonchev–Trinajstić information content (AvgIpc) is 1.80. The molecule has 1 amide bonds. The van der Waals surface area contributed by atoms with Crippen LogP contribution in [-0.2, 0) is 4.79 Å². The molecule has 0 saturated carbocycles. The first-order chi connectivity index (χ1) is 4.83. The first-order valence-corrected chi connectivity index (χ1v) is 4.22. The Morgan fingerprint density at radius 1 is 1.55 bits per heavy atom. The zero-order valence-corrected chi connectivity index (χ0v) is 8.61. The van der Waals surface area contributed by atoms with Crippen molar-refractivity contribution in [2.45, 2.75) is 31.9 Å². The van der Waals surface area contributed by atoms with Gasteiger partial charge in [-0.05, 0) is 6.42 Å². The summed E-state index contributed by atoms with van der Waals surface area (Å²) >= 11 is 4.36. The Hall–Kier alpha value is -0.180. The molecule has 0 atom stereocenters. The van der Waals surface area contributed by atoms with Crippen LogP contribution in [0.3, 0.4) is 0 Å². The second-order valence-electron chi connectivity index (χ2n) is 3.50. The minimum atomic E-state index is 0.0176. The van der Waals surface area contributed by atoms with Crippen LogP contribution in [0, 0.1) is 0 Å². The second kappa shape index (κ2) is 4.00. The van der Waals surface area contributed by atoms with E-state index in [1.807, 2.05) is 20.9 Å². The smallest absolute Gasteiger partial charge is 0.219 e. The van der Waals surface area contributed by atoms with Crippen molar-refractivity contribution in [3.8, 4) is 0 Å². The van der Waals surface area contributed by atoms with Crippen molar-refractivity contribution in [2.75, 3.05) is 13.6 Å². The lowest BCUT2D eigenvalue weighted by Gasteiger charge is -2.21. The summed E-state index contributed by atoms with van der Waals surface area (Å²) in [5.41, 5.74) is 0. The lowest BCUT2D eigenvalue weighted by Crippen LogP contribution is -2.28. The molecule has 0 N–H and O–H groups in total. The second-order valence-corrected chi connectivity index (χ2v) is 4.71. The highest BCUT2D eigenvalue weighted by Gasteiger charge is 2.12. The molecule has 0 aliphatic heterocycles. The molecular formula is C8H17NOS. The van der Waals surface area contributed by atoms with Crippen molar-refractivity contribution in [1.29, 1.82) is 0 Å². The minimum Gasteiger partial charge on any atom is -0.346 e. The van der Waals surface area contributed by atoms with Gasteiger partial charge in [-0.3, -0.25) is 4.79 Å². The Bertz CT molecular complexity index is 140. The van der Waals surface area contributed by atoms with Crippen LogP contribution in [0.1, 0.15) is 27.2 Å². The minimum absolute atomic E-state index is 0.0176. The largest absolute Gasteiger partial charge is 0.346 e. The zero-order valence-electron chi connectivity index (χ0n) is 7.72. The summed E-state index contributed by atoms with van der Waals surface area (Å²) in [6.07, 6.45) is 0.923. The van der Waals surface area contributed by atoms with E-state index in [-0.39, 0.29) is 10.7 Å². The Labute approximate surface area is 74.4 Å². The fraction of sp³-hybridized carbons (Fsp3) is 0.875. The van der Waals surface area contributed by atoms with E-state index in [0.29, 0.717) is 0 Å². The quantitative estimate of drug-likeness (QED) is 0.645. The average molecular weight is 175 g/mol. The van der Waals surface area contributed by atoms with E-state index < -0.39 is 0 Å². The lowest BCUT2D eigenvalue weighted by molar-refractivity contribution is -0.127. The number of nitrogens with zero attached hydrogens (tertiary/aromatic N) is 1. The first-order valence-electron chi connectivity index (χ1n) is 3.77. The zero-order chi connectivity index (χ0) is 9.07. The van der Waals surface area contributed by atoms with Crippen LogP contribution >= 0.6 is 12.6 Å². The lowest BCUT2D eigenvalue weighted by atomic mass is 10.1. The molecule has 3 heteroatoms. The van der Waals surface area contributed by atoms with Gasteiger partial charge in [0.1, 0.15) is 0 Å². The number of thiol groups is 1. The summed E-state index contributed by atoms with van der Waals surface area (Å²) in [5.74, 6) is 0.114. The number of carbonyl (C=O) groups is 1. The van der Waals surface area contributed by atoms with E-state index in [4.69, 9.17) is 0 Å². The topological polar surface area (TPSA) is 20.3 Å². The molecule has 0 aromatic heterocycles. The van der Waals surface area contributed by atoms with Crippen molar-refractivity contribution >= 4 is 18.5 Å². The number of rotatable bonds is 3. The van der Waals surface area contributed by atoms with Crippen LogP contribution in [0.25, 0.3) is 0 Å². The Balaban J connectivity index is 3.63. The molecule has 11 heavy (non-hydrogen) atoms. The van der Waals surface area contributed by atoms with E-state index in [1.165, 1.54) is 0 Å². The summed E-state index contributed by atoms with van der Waals surface area (Å²) in [6.45, 7) is 6.45. The van der Waals surface area contributed by atoms with Crippen molar-refractivity contribution < 1.29 is 4.79 Å². The molecule has 0 aromatic rings. The van der Waals surface area contributed by atoms with Crippen LogP contribution in [0.4, 0.5) is 0 Å². The molecular weight excluding hydrogens is 158 g/mol. The van der Waals surface area contributed by atoms with Gasteiger partial charge in [0.2, 0.25) is 5.91 Å². The number of hydrogen-bond acceptors (Lipinski definition) is 2. The number of hydrogen-bond donors (Lipinski definition) is 1. The molecule has 0 bridgehead atoms. The van der Waals surface area contributed by atoms with Gasteiger partial charge in [-0.1, -0.05) is 13.8 Å². The van der Waals surface area contributed by atoms with Crippen molar-refractivity contribution in [1.82, 2.24) is 4.90 Å². The van der Waals surface area contributed by atoms with Gasteiger partial charge < -0.3 is 4.90 Å². The first kappa shape index (κ1) is 10.8. The van der Waals surface area contributed by atoms with Crippen molar-refractivity contribution in [2.24, 2.45) is 0 Å². The molecule has 0 rings (SSSR count). The van der Waals surface area contributed by atoms with E-state index in [9.17, 15) is 4.79 Å². The molecule has 0 saturated heterocycles. The molecule has 0 spiro atoms. The van der Waals surface area contributed by atoms with Gasteiger partial charge in [0.05, 0.1) is 0 Å². The van der Waals surface area contributed by atoms with E-state index >= 15 is 0 Å². The predicted octanol–water partition coefficient (Wildman–Crippen LogP) is 1.56. The Morgan fingerprint density at radius 3 is 2.27 bits per heavy atom. The standard InChI is InChI=1S/C8H17NOS/c1-7(10)9(4)6-5-8(2,3)11/h11H,5-6H2,1-4H3. The summed E-state index contributed by atoms with van der Waals surface area (Å²) in [4.78, 5) is 12.5. The maximum Gasteiger partial charge on any atom is 0.219 e. The number of amides is 1. The SMILES string of the molecule is CC(=O)N(C)CCC(C)(C)S. The van der Waals surface area contributed by atoms with Gasteiger partial charge in [0.25, 0.3) is 0 Å². The predicted molar refractivity (Wildman–Crippen MR) is 51.0 cm³/mol. The summed E-state index contributed by atoms with van der Waals surface area (Å²) in [5, 5.41) is 0. The third-order valence-corrected chi connectivity index (χ3v) is 1.82. The Morgan fingerprint density at radius 2 is 2.00 bits per heavy atom. The molecule has 66 valence electrons. The van der Waals surface area contributed by atoms with Crippen LogP contribution < -0.4 is 0 Å². The van der Waals surface area contributed by atoms with Crippen LogP contribution in [0.2, 0.25) is 0 Å². The van der Waals surface area contributed by atoms with E-state index in [1.54, 1.807) is 11.8 Å². The Kier molecular flexibility index (Phi) is 3.93. The highest BCUT2D eigenvalue weighted by molar-refractivity contribution is 7.81. The van der Waals surface area contributed by atoms with Gasteiger partial charge in [-0.25, -0.2) is 0 Å². The molecule has 0 fully saturated rings.